The van der Waals surface area contributed by atoms with E-state index in [4.69, 9.17) is 21.1 Å². The number of hydrogen-bond donors (Lipinski definition) is 1. The number of ether oxygens (including phenoxy) is 2. The van der Waals surface area contributed by atoms with Gasteiger partial charge in [-0.25, -0.2) is 27.2 Å². The van der Waals surface area contributed by atoms with Gasteiger partial charge in [0.05, 0.1) is 16.5 Å². The zero-order chi connectivity index (χ0) is 26.3. The van der Waals surface area contributed by atoms with E-state index in [9.17, 15) is 22.0 Å². The van der Waals surface area contributed by atoms with Crippen molar-refractivity contribution >= 4 is 38.5 Å². The average Bonchev–Trinajstić information content (AvgIpc) is 3.13. The van der Waals surface area contributed by atoms with Crippen molar-refractivity contribution in [3.8, 4) is 17.5 Å². The number of sulfone groups is 1. The van der Waals surface area contributed by atoms with E-state index < -0.39 is 34.3 Å². The normalized spacial score (nSPS) is 16.8. The van der Waals surface area contributed by atoms with Crippen molar-refractivity contribution in [3.63, 3.8) is 0 Å². The number of halogens is 3. The minimum Gasteiger partial charge on any atom is -0.482 e. The van der Waals surface area contributed by atoms with Crippen molar-refractivity contribution in [3.05, 3.63) is 34.7 Å². The van der Waals surface area contributed by atoms with Gasteiger partial charge >= 0.3 is 0 Å². The molecule has 0 aliphatic carbocycles. The Morgan fingerprint density at radius 1 is 1.28 bits per heavy atom. The number of rotatable bonds is 7. The number of nitrogens with one attached hydrogen (secondary N) is 1. The van der Waals surface area contributed by atoms with Crippen LogP contribution in [0.3, 0.4) is 0 Å². The van der Waals surface area contributed by atoms with Gasteiger partial charge in [0.15, 0.2) is 11.4 Å². The van der Waals surface area contributed by atoms with Crippen LogP contribution in [-0.2, 0) is 16.9 Å². The Kier molecular flexibility index (Phi) is 7.06. The van der Waals surface area contributed by atoms with Crippen LogP contribution < -0.4 is 14.8 Å². The Morgan fingerprint density at radius 2 is 1.97 bits per heavy atom. The molecule has 0 unspecified atom stereocenters. The molecule has 36 heavy (non-hydrogen) atoms. The van der Waals surface area contributed by atoms with E-state index in [-0.39, 0.29) is 39.9 Å². The Morgan fingerprint density at radius 3 is 2.64 bits per heavy atom. The van der Waals surface area contributed by atoms with Gasteiger partial charge in [0, 0.05) is 30.9 Å². The van der Waals surface area contributed by atoms with Crippen LogP contribution in [0.15, 0.2) is 18.3 Å². The summed E-state index contributed by atoms with van der Waals surface area (Å²) in [7, 11) is -1.47. The quantitative estimate of drug-likeness (QED) is 0.480. The second kappa shape index (κ2) is 9.77. The zero-order valence-electron chi connectivity index (χ0n) is 19.7. The van der Waals surface area contributed by atoms with E-state index in [1.54, 1.807) is 20.0 Å². The van der Waals surface area contributed by atoms with E-state index in [0.717, 1.165) is 0 Å². The van der Waals surface area contributed by atoms with Gasteiger partial charge in [-0.15, -0.1) is 0 Å². The van der Waals surface area contributed by atoms with Crippen molar-refractivity contribution in [1.29, 1.82) is 0 Å². The standard InChI is InChI=1S/C22H24ClF2N5O5S/c1-12-8-16(35-21-14(34-11-15(24)25)9-13(23)10-26-21)27-18-17(12)28-19(30(18)3)20(31)29-22(2)4-6-36(32,33)7-5-22/h8-10,15H,4-7,11H2,1-3H3,(H,29,31). The van der Waals surface area contributed by atoms with E-state index in [1.807, 2.05) is 6.92 Å². The summed E-state index contributed by atoms with van der Waals surface area (Å²) in [6.07, 6.45) is -0.802. The summed E-state index contributed by atoms with van der Waals surface area (Å²) < 4.78 is 61.1. The number of aryl methyl sites for hydroxylation is 2. The van der Waals surface area contributed by atoms with Crippen molar-refractivity contribution in [2.75, 3.05) is 18.1 Å². The molecule has 0 bridgehead atoms. The molecular formula is C22H24ClF2N5O5S. The Balaban J connectivity index is 1.60. The van der Waals surface area contributed by atoms with Crippen LogP contribution in [0.25, 0.3) is 11.2 Å². The highest BCUT2D eigenvalue weighted by atomic mass is 35.5. The van der Waals surface area contributed by atoms with Crippen LogP contribution in [0.2, 0.25) is 5.02 Å². The van der Waals surface area contributed by atoms with Gasteiger partial charge in [-0.05, 0) is 32.3 Å². The molecule has 0 atom stereocenters. The third-order valence-electron chi connectivity index (χ3n) is 5.89. The molecule has 1 aliphatic heterocycles. The fraction of sp³-hybridized carbons (Fsp3) is 0.455. The lowest BCUT2D eigenvalue weighted by atomic mass is 9.95. The summed E-state index contributed by atoms with van der Waals surface area (Å²) in [4.78, 5) is 25.9. The Labute approximate surface area is 210 Å². The highest BCUT2D eigenvalue weighted by Crippen LogP contribution is 2.33. The van der Waals surface area contributed by atoms with Crippen LogP contribution >= 0.6 is 11.6 Å². The Bertz CT molecular complexity index is 1420. The van der Waals surface area contributed by atoms with Crippen LogP contribution in [0, 0.1) is 6.92 Å². The van der Waals surface area contributed by atoms with E-state index >= 15 is 0 Å². The number of carbonyl (C=O) groups is 1. The van der Waals surface area contributed by atoms with Crippen molar-refractivity contribution in [1.82, 2.24) is 24.8 Å². The zero-order valence-corrected chi connectivity index (χ0v) is 21.3. The van der Waals surface area contributed by atoms with E-state index in [2.05, 4.69) is 20.3 Å². The SMILES string of the molecule is Cc1cc(Oc2ncc(Cl)cc2OCC(F)F)nc2c1nc(C(=O)NC1(C)CCS(=O)(=O)CC1)n2C. The number of amides is 1. The number of aromatic nitrogens is 4. The first-order chi connectivity index (χ1) is 16.9. The van der Waals surface area contributed by atoms with Gasteiger partial charge in [0.1, 0.15) is 22.0 Å². The summed E-state index contributed by atoms with van der Waals surface area (Å²) in [6, 6.07) is 2.87. The average molecular weight is 544 g/mol. The summed E-state index contributed by atoms with van der Waals surface area (Å²) in [6.45, 7) is 2.70. The summed E-state index contributed by atoms with van der Waals surface area (Å²) in [5, 5.41) is 3.09. The first kappa shape index (κ1) is 26.0. The molecule has 3 aromatic rings. The summed E-state index contributed by atoms with van der Waals surface area (Å²) in [5.74, 6) is -0.442. The second-order valence-electron chi connectivity index (χ2n) is 8.87. The fourth-order valence-electron chi connectivity index (χ4n) is 3.81. The maximum absolute atomic E-state index is 13.1. The number of alkyl halides is 2. The summed E-state index contributed by atoms with van der Waals surface area (Å²) in [5.41, 5.74) is 0.774. The Hall–Kier alpha value is -3.06. The van der Waals surface area contributed by atoms with Crippen molar-refractivity contribution in [2.24, 2.45) is 7.05 Å². The topological polar surface area (TPSA) is 125 Å². The molecule has 4 rings (SSSR count). The minimum absolute atomic E-state index is 0.00936. The number of pyridine rings is 2. The lowest BCUT2D eigenvalue weighted by Gasteiger charge is -2.34. The predicted molar refractivity (Wildman–Crippen MR) is 128 cm³/mol. The van der Waals surface area contributed by atoms with Gasteiger partial charge in [-0.2, -0.15) is 4.98 Å². The molecule has 4 heterocycles. The molecular weight excluding hydrogens is 520 g/mol. The molecule has 3 aromatic heterocycles. The molecule has 14 heteroatoms. The van der Waals surface area contributed by atoms with Gasteiger partial charge in [0.2, 0.25) is 11.7 Å². The molecule has 194 valence electrons. The van der Waals surface area contributed by atoms with Gasteiger partial charge in [-0.1, -0.05) is 11.6 Å². The lowest BCUT2D eigenvalue weighted by Crippen LogP contribution is -2.51. The number of nitrogens with zero attached hydrogens (tertiary/aromatic N) is 4. The van der Waals surface area contributed by atoms with Gasteiger partial charge in [0.25, 0.3) is 18.2 Å². The molecule has 0 saturated carbocycles. The summed E-state index contributed by atoms with van der Waals surface area (Å²) >= 11 is 5.90. The number of imidazole rings is 1. The van der Waals surface area contributed by atoms with Crippen molar-refractivity contribution in [2.45, 2.75) is 38.7 Å². The first-order valence-corrected chi connectivity index (χ1v) is 13.2. The molecule has 10 nitrogen and oxygen atoms in total. The van der Waals surface area contributed by atoms with E-state index in [0.29, 0.717) is 29.6 Å². The molecule has 1 amide bonds. The number of fused-ring (bicyclic) bond motifs is 1. The van der Waals surface area contributed by atoms with Crippen LogP contribution in [-0.4, -0.2) is 63.9 Å². The van der Waals surface area contributed by atoms with Crippen LogP contribution in [0.5, 0.6) is 17.5 Å². The molecule has 0 aromatic carbocycles. The molecule has 0 radical (unpaired) electrons. The largest absolute Gasteiger partial charge is 0.482 e. The highest BCUT2D eigenvalue weighted by molar-refractivity contribution is 7.91. The minimum atomic E-state index is -3.09. The maximum atomic E-state index is 13.1. The molecule has 1 N–H and O–H groups in total. The lowest BCUT2D eigenvalue weighted by molar-refractivity contribution is 0.0803. The van der Waals surface area contributed by atoms with Gasteiger partial charge < -0.3 is 19.4 Å². The molecule has 0 spiro atoms. The van der Waals surface area contributed by atoms with E-state index in [1.165, 1.54) is 16.8 Å². The maximum Gasteiger partial charge on any atom is 0.287 e. The monoisotopic (exact) mass is 543 g/mol. The van der Waals surface area contributed by atoms with Crippen LogP contribution in [0.1, 0.15) is 35.9 Å². The highest BCUT2D eigenvalue weighted by Gasteiger charge is 2.35. The molecule has 1 fully saturated rings. The smallest absolute Gasteiger partial charge is 0.287 e. The number of carbonyl (C=O) groups excluding carboxylic acids is 1. The predicted octanol–water partition coefficient (Wildman–Crippen LogP) is 3.46. The number of hydrogen-bond acceptors (Lipinski definition) is 8. The van der Waals surface area contributed by atoms with Gasteiger partial charge in [-0.3, -0.25) is 4.79 Å². The molecule has 1 saturated heterocycles. The fourth-order valence-corrected chi connectivity index (χ4v) is 5.69. The van der Waals surface area contributed by atoms with Crippen LogP contribution in [0.4, 0.5) is 8.78 Å². The first-order valence-electron chi connectivity index (χ1n) is 11.0. The van der Waals surface area contributed by atoms with Crippen molar-refractivity contribution < 1.29 is 31.5 Å². The third kappa shape index (κ3) is 5.67. The third-order valence-corrected chi connectivity index (χ3v) is 7.75. The molecule has 1 aliphatic rings. The second-order valence-corrected chi connectivity index (χ2v) is 11.6.